The quantitative estimate of drug-likeness (QED) is 0.646. The number of hydrogen-bond acceptors (Lipinski definition) is 4. The molecule has 1 fully saturated rings. The van der Waals surface area contributed by atoms with Crippen molar-refractivity contribution >= 4 is 17.3 Å². The molecular formula is C15H22N2O2. The second kappa shape index (κ2) is 5.51. The van der Waals surface area contributed by atoms with E-state index in [1.165, 1.54) is 12.8 Å². The highest BCUT2D eigenvalue weighted by Crippen LogP contribution is 2.36. The van der Waals surface area contributed by atoms with Gasteiger partial charge < -0.3 is 15.8 Å². The summed E-state index contributed by atoms with van der Waals surface area (Å²) >= 11 is 0. The summed E-state index contributed by atoms with van der Waals surface area (Å²) in [6.07, 6.45) is 4.63. The zero-order valence-electron chi connectivity index (χ0n) is 11.7. The summed E-state index contributed by atoms with van der Waals surface area (Å²) in [6.45, 7) is 4.35. The van der Waals surface area contributed by atoms with E-state index in [-0.39, 0.29) is 11.5 Å². The van der Waals surface area contributed by atoms with E-state index in [0.29, 0.717) is 23.5 Å². The van der Waals surface area contributed by atoms with Crippen molar-refractivity contribution in [3.05, 3.63) is 23.8 Å². The maximum absolute atomic E-state index is 12.0. The van der Waals surface area contributed by atoms with Crippen LogP contribution in [0.5, 0.6) is 0 Å². The van der Waals surface area contributed by atoms with E-state index in [1.807, 2.05) is 6.07 Å². The minimum Gasteiger partial charge on any atom is -0.462 e. The monoisotopic (exact) mass is 262 g/mol. The molecule has 0 aliphatic heterocycles. The molecule has 1 aliphatic rings. The van der Waals surface area contributed by atoms with Gasteiger partial charge in [-0.15, -0.1) is 0 Å². The Balaban J connectivity index is 2.30. The number of para-hydroxylation sites is 1. The Labute approximate surface area is 114 Å². The smallest absolute Gasteiger partial charge is 0.340 e. The predicted octanol–water partition coefficient (Wildman–Crippen LogP) is 3.19. The molecule has 0 amide bonds. The van der Waals surface area contributed by atoms with E-state index in [9.17, 15) is 4.79 Å². The minimum absolute atomic E-state index is 0.0245. The summed E-state index contributed by atoms with van der Waals surface area (Å²) in [5.41, 5.74) is 7.88. The zero-order chi connectivity index (χ0) is 13.9. The fourth-order valence-corrected chi connectivity index (χ4v) is 2.67. The van der Waals surface area contributed by atoms with Crippen LogP contribution in [-0.2, 0) is 4.74 Å². The first-order valence-corrected chi connectivity index (χ1v) is 6.89. The molecule has 3 N–H and O–H groups in total. The SMILES string of the molecule is CCOC(=O)c1cccc(N)c1NC1(C)CCCC1. The number of nitrogen functional groups attached to an aromatic ring is 1. The molecule has 0 bridgehead atoms. The molecule has 1 aliphatic carbocycles. The maximum Gasteiger partial charge on any atom is 0.340 e. The molecule has 1 aromatic rings. The second-order valence-corrected chi connectivity index (χ2v) is 5.38. The lowest BCUT2D eigenvalue weighted by Crippen LogP contribution is -2.32. The summed E-state index contributed by atoms with van der Waals surface area (Å²) in [6, 6.07) is 5.35. The molecule has 1 aromatic carbocycles. The largest absolute Gasteiger partial charge is 0.462 e. The molecule has 0 aromatic heterocycles. The Morgan fingerprint density at radius 2 is 2.11 bits per heavy atom. The molecular weight excluding hydrogens is 240 g/mol. The van der Waals surface area contributed by atoms with Gasteiger partial charge in [0.25, 0.3) is 0 Å². The van der Waals surface area contributed by atoms with Crippen molar-refractivity contribution in [2.75, 3.05) is 17.7 Å². The molecule has 1 saturated carbocycles. The van der Waals surface area contributed by atoms with Crippen LogP contribution in [0.2, 0.25) is 0 Å². The molecule has 2 rings (SSSR count). The van der Waals surface area contributed by atoms with Gasteiger partial charge in [-0.1, -0.05) is 18.9 Å². The third kappa shape index (κ3) is 3.00. The number of carbonyl (C=O) groups is 1. The van der Waals surface area contributed by atoms with Crippen LogP contribution in [0.1, 0.15) is 49.9 Å². The normalized spacial score (nSPS) is 17.2. The lowest BCUT2D eigenvalue weighted by atomic mass is 9.99. The number of benzene rings is 1. The molecule has 19 heavy (non-hydrogen) atoms. The predicted molar refractivity (Wildman–Crippen MR) is 77.3 cm³/mol. The highest BCUT2D eigenvalue weighted by molar-refractivity contribution is 5.99. The fraction of sp³-hybridized carbons (Fsp3) is 0.533. The fourth-order valence-electron chi connectivity index (χ4n) is 2.67. The van der Waals surface area contributed by atoms with Gasteiger partial charge in [0.05, 0.1) is 23.5 Å². The average Bonchev–Trinajstić information content (AvgIpc) is 2.79. The molecule has 0 radical (unpaired) electrons. The molecule has 0 atom stereocenters. The third-order valence-corrected chi connectivity index (χ3v) is 3.73. The van der Waals surface area contributed by atoms with Crippen LogP contribution in [0.25, 0.3) is 0 Å². The molecule has 0 unspecified atom stereocenters. The molecule has 4 nitrogen and oxygen atoms in total. The number of nitrogens with two attached hydrogens (primary N) is 1. The van der Waals surface area contributed by atoms with E-state index < -0.39 is 0 Å². The Kier molecular flexibility index (Phi) is 3.98. The van der Waals surface area contributed by atoms with Crippen LogP contribution in [0.15, 0.2) is 18.2 Å². The topological polar surface area (TPSA) is 64.3 Å². The van der Waals surface area contributed by atoms with E-state index >= 15 is 0 Å². The van der Waals surface area contributed by atoms with Gasteiger partial charge in [0.2, 0.25) is 0 Å². The van der Waals surface area contributed by atoms with E-state index in [4.69, 9.17) is 10.5 Å². The minimum atomic E-state index is -0.320. The van der Waals surface area contributed by atoms with Gasteiger partial charge in [0.1, 0.15) is 0 Å². The van der Waals surface area contributed by atoms with Crippen LogP contribution < -0.4 is 11.1 Å². The highest BCUT2D eigenvalue weighted by atomic mass is 16.5. The number of hydrogen-bond donors (Lipinski definition) is 2. The van der Waals surface area contributed by atoms with E-state index in [0.717, 1.165) is 12.8 Å². The number of anilines is 2. The van der Waals surface area contributed by atoms with Gasteiger partial charge in [-0.3, -0.25) is 0 Å². The standard InChI is InChI=1S/C15H22N2O2/c1-3-19-14(18)11-7-6-8-12(16)13(11)17-15(2)9-4-5-10-15/h6-8,17H,3-5,9-10,16H2,1-2H3. The van der Waals surface area contributed by atoms with Crippen LogP contribution in [0.3, 0.4) is 0 Å². The molecule has 0 spiro atoms. The number of carbonyl (C=O) groups excluding carboxylic acids is 1. The number of ether oxygens (including phenoxy) is 1. The van der Waals surface area contributed by atoms with Crippen molar-refractivity contribution in [2.24, 2.45) is 0 Å². The van der Waals surface area contributed by atoms with Crippen molar-refractivity contribution in [2.45, 2.75) is 45.1 Å². The lowest BCUT2D eigenvalue weighted by molar-refractivity contribution is 0.0527. The first-order chi connectivity index (χ1) is 9.06. The number of esters is 1. The molecule has 104 valence electrons. The zero-order valence-corrected chi connectivity index (χ0v) is 11.7. The van der Waals surface area contributed by atoms with E-state index in [1.54, 1.807) is 19.1 Å². The first kappa shape index (κ1) is 13.7. The van der Waals surface area contributed by atoms with Gasteiger partial charge in [-0.05, 0) is 38.8 Å². The van der Waals surface area contributed by atoms with Crippen molar-refractivity contribution < 1.29 is 9.53 Å². The van der Waals surface area contributed by atoms with Gasteiger partial charge in [0.15, 0.2) is 0 Å². The second-order valence-electron chi connectivity index (χ2n) is 5.38. The maximum atomic E-state index is 12.0. The van der Waals surface area contributed by atoms with Crippen molar-refractivity contribution in [1.29, 1.82) is 0 Å². The Morgan fingerprint density at radius 3 is 2.74 bits per heavy atom. The van der Waals surface area contributed by atoms with Crippen LogP contribution in [-0.4, -0.2) is 18.1 Å². The van der Waals surface area contributed by atoms with Crippen molar-refractivity contribution in [3.8, 4) is 0 Å². The summed E-state index contributed by atoms with van der Waals surface area (Å²) in [4.78, 5) is 12.0. The first-order valence-electron chi connectivity index (χ1n) is 6.89. The summed E-state index contributed by atoms with van der Waals surface area (Å²) in [5, 5.41) is 3.47. The molecule has 4 heteroatoms. The lowest BCUT2D eigenvalue weighted by Gasteiger charge is -2.28. The Hall–Kier alpha value is -1.71. The summed E-state index contributed by atoms with van der Waals surface area (Å²) in [7, 11) is 0. The van der Waals surface area contributed by atoms with Crippen LogP contribution in [0.4, 0.5) is 11.4 Å². The van der Waals surface area contributed by atoms with Crippen molar-refractivity contribution in [3.63, 3.8) is 0 Å². The Morgan fingerprint density at radius 1 is 1.42 bits per heavy atom. The van der Waals surface area contributed by atoms with Gasteiger partial charge in [-0.2, -0.15) is 0 Å². The van der Waals surface area contributed by atoms with Gasteiger partial charge in [-0.25, -0.2) is 4.79 Å². The van der Waals surface area contributed by atoms with Gasteiger partial charge >= 0.3 is 5.97 Å². The highest BCUT2D eigenvalue weighted by Gasteiger charge is 2.30. The summed E-state index contributed by atoms with van der Waals surface area (Å²) < 4.78 is 5.09. The van der Waals surface area contributed by atoms with Crippen LogP contribution >= 0.6 is 0 Å². The van der Waals surface area contributed by atoms with Gasteiger partial charge in [0, 0.05) is 5.54 Å². The molecule has 0 saturated heterocycles. The van der Waals surface area contributed by atoms with Crippen LogP contribution in [0, 0.1) is 0 Å². The molecule has 0 heterocycles. The Bertz CT molecular complexity index is 465. The number of nitrogens with one attached hydrogen (secondary N) is 1. The number of rotatable bonds is 4. The van der Waals surface area contributed by atoms with E-state index in [2.05, 4.69) is 12.2 Å². The summed E-state index contributed by atoms with van der Waals surface area (Å²) in [5.74, 6) is -0.320. The van der Waals surface area contributed by atoms with Crippen molar-refractivity contribution in [1.82, 2.24) is 0 Å². The average molecular weight is 262 g/mol. The third-order valence-electron chi connectivity index (χ3n) is 3.73.